The Kier molecular flexibility index (Phi) is 0.930. The highest BCUT2D eigenvalue weighted by Crippen LogP contribution is 2.51. The minimum Gasteiger partial charge on any atom is -0.209 e. The molecular weight excluding hydrogens is 122 g/mol. The van der Waals surface area contributed by atoms with Gasteiger partial charge in [-0.1, -0.05) is 0 Å². The van der Waals surface area contributed by atoms with Crippen LogP contribution in [0.2, 0.25) is 0 Å². The van der Waals surface area contributed by atoms with Gasteiger partial charge < -0.3 is 0 Å². The number of allylic oxidation sites excluding steroid dienone is 2. The fourth-order valence-corrected chi connectivity index (χ4v) is 1.49. The molecule has 0 nitrogen and oxygen atoms in total. The van der Waals surface area contributed by atoms with Gasteiger partial charge in [0.05, 0.1) is 0 Å². The molecule has 2 rings (SSSR count). The summed E-state index contributed by atoms with van der Waals surface area (Å²) in [6, 6.07) is 0. The lowest BCUT2D eigenvalue weighted by Crippen LogP contribution is -1.94. The Labute approximate surface area is 52.6 Å². The summed E-state index contributed by atoms with van der Waals surface area (Å²) in [7, 11) is 0. The smallest absolute Gasteiger partial charge is 0.132 e. The van der Waals surface area contributed by atoms with Gasteiger partial charge in [-0.2, -0.15) is 0 Å². The average Bonchev–Trinajstić information content (AvgIpc) is 2.46. The third-order valence-electron chi connectivity index (χ3n) is 2.25. The SMILES string of the molecule is FC1=C(F)CC2CC2C1. The van der Waals surface area contributed by atoms with E-state index in [2.05, 4.69) is 0 Å². The monoisotopic (exact) mass is 130 g/mol. The Bertz CT molecular complexity index is 154. The number of rotatable bonds is 0. The quantitative estimate of drug-likeness (QED) is 0.472. The maximum Gasteiger partial charge on any atom is 0.132 e. The molecule has 0 aromatic heterocycles. The van der Waals surface area contributed by atoms with Crippen molar-refractivity contribution in [3.05, 3.63) is 11.7 Å². The van der Waals surface area contributed by atoms with Crippen LogP contribution in [0.25, 0.3) is 0 Å². The Morgan fingerprint density at radius 3 is 1.89 bits per heavy atom. The second-order valence-electron chi connectivity index (χ2n) is 2.97. The highest BCUT2D eigenvalue weighted by Gasteiger charge is 2.42. The van der Waals surface area contributed by atoms with Crippen molar-refractivity contribution >= 4 is 0 Å². The van der Waals surface area contributed by atoms with Crippen LogP contribution in [0, 0.1) is 11.8 Å². The largest absolute Gasteiger partial charge is 0.209 e. The molecule has 0 spiro atoms. The molecule has 2 unspecified atom stereocenters. The molecule has 1 saturated carbocycles. The van der Waals surface area contributed by atoms with Gasteiger partial charge in [-0.05, 0) is 18.3 Å². The summed E-state index contributed by atoms with van der Waals surface area (Å²) in [6.07, 6.45) is 1.79. The summed E-state index contributed by atoms with van der Waals surface area (Å²) in [6.45, 7) is 0. The fraction of sp³-hybridized carbons (Fsp3) is 0.714. The maximum absolute atomic E-state index is 12.4. The summed E-state index contributed by atoms with van der Waals surface area (Å²) in [4.78, 5) is 0. The zero-order valence-corrected chi connectivity index (χ0v) is 5.03. The molecule has 2 atom stereocenters. The van der Waals surface area contributed by atoms with Crippen LogP contribution < -0.4 is 0 Å². The summed E-state index contributed by atoms with van der Waals surface area (Å²) in [5.41, 5.74) is 0. The zero-order valence-electron chi connectivity index (χ0n) is 5.03. The van der Waals surface area contributed by atoms with Crippen molar-refractivity contribution in [3.8, 4) is 0 Å². The molecule has 2 aliphatic carbocycles. The molecule has 0 aromatic carbocycles. The van der Waals surface area contributed by atoms with E-state index in [-0.39, 0.29) is 0 Å². The second-order valence-corrected chi connectivity index (χ2v) is 2.97. The molecule has 0 N–H and O–H groups in total. The van der Waals surface area contributed by atoms with Crippen LogP contribution in [0.5, 0.6) is 0 Å². The Hall–Kier alpha value is -0.400. The molecule has 9 heavy (non-hydrogen) atoms. The summed E-state index contributed by atoms with van der Waals surface area (Å²) >= 11 is 0. The van der Waals surface area contributed by atoms with Crippen molar-refractivity contribution in [2.24, 2.45) is 11.8 Å². The minimum atomic E-state index is -0.492. The van der Waals surface area contributed by atoms with E-state index in [1.54, 1.807) is 0 Å². The van der Waals surface area contributed by atoms with Crippen LogP contribution in [-0.2, 0) is 0 Å². The van der Waals surface area contributed by atoms with Crippen molar-refractivity contribution in [1.82, 2.24) is 0 Å². The second kappa shape index (κ2) is 1.55. The first-order valence-corrected chi connectivity index (χ1v) is 3.30. The molecule has 0 aromatic rings. The third-order valence-corrected chi connectivity index (χ3v) is 2.25. The topological polar surface area (TPSA) is 0 Å². The minimum absolute atomic E-state index is 0.372. The Morgan fingerprint density at radius 1 is 1.00 bits per heavy atom. The van der Waals surface area contributed by atoms with Gasteiger partial charge in [-0.15, -0.1) is 0 Å². The molecule has 0 heterocycles. The lowest BCUT2D eigenvalue weighted by atomic mass is 10.1. The van der Waals surface area contributed by atoms with E-state index in [9.17, 15) is 8.78 Å². The molecule has 0 amide bonds. The number of fused-ring (bicyclic) bond motifs is 1. The van der Waals surface area contributed by atoms with Gasteiger partial charge in [0, 0.05) is 12.8 Å². The van der Waals surface area contributed by atoms with Crippen LogP contribution in [0.15, 0.2) is 11.7 Å². The number of hydrogen-bond acceptors (Lipinski definition) is 0. The van der Waals surface area contributed by atoms with Crippen LogP contribution in [0.3, 0.4) is 0 Å². The molecule has 0 radical (unpaired) electrons. The average molecular weight is 130 g/mol. The Morgan fingerprint density at radius 2 is 1.44 bits per heavy atom. The molecule has 1 fully saturated rings. The predicted molar refractivity (Wildman–Crippen MR) is 30.1 cm³/mol. The normalized spacial score (nSPS) is 40.7. The van der Waals surface area contributed by atoms with Crippen LogP contribution in [0.4, 0.5) is 8.78 Å². The van der Waals surface area contributed by atoms with Crippen molar-refractivity contribution in [1.29, 1.82) is 0 Å². The molecule has 2 heteroatoms. The molecule has 2 aliphatic rings. The summed E-state index contributed by atoms with van der Waals surface area (Å²) in [5, 5.41) is 0. The van der Waals surface area contributed by atoms with E-state index in [0.717, 1.165) is 6.42 Å². The fourth-order valence-electron chi connectivity index (χ4n) is 1.49. The van der Waals surface area contributed by atoms with Gasteiger partial charge in [0.2, 0.25) is 0 Å². The lowest BCUT2D eigenvalue weighted by Gasteiger charge is -2.05. The van der Waals surface area contributed by atoms with Crippen molar-refractivity contribution in [2.75, 3.05) is 0 Å². The van der Waals surface area contributed by atoms with E-state index in [0.29, 0.717) is 24.7 Å². The highest BCUT2D eigenvalue weighted by molar-refractivity contribution is 5.13. The molecule has 0 aliphatic heterocycles. The van der Waals surface area contributed by atoms with Gasteiger partial charge in [-0.25, -0.2) is 8.78 Å². The van der Waals surface area contributed by atoms with Crippen molar-refractivity contribution < 1.29 is 8.78 Å². The van der Waals surface area contributed by atoms with Crippen molar-refractivity contribution in [2.45, 2.75) is 19.3 Å². The van der Waals surface area contributed by atoms with Gasteiger partial charge in [-0.3, -0.25) is 0 Å². The molecule has 50 valence electrons. The Balaban J connectivity index is 2.17. The van der Waals surface area contributed by atoms with E-state index in [4.69, 9.17) is 0 Å². The maximum atomic E-state index is 12.4. The summed E-state index contributed by atoms with van der Waals surface area (Å²) in [5.74, 6) is -0.00324. The highest BCUT2D eigenvalue weighted by atomic mass is 19.2. The third kappa shape index (κ3) is 0.769. The van der Waals surface area contributed by atoms with Crippen LogP contribution in [-0.4, -0.2) is 0 Å². The van der Waals surface area contributed by atoms with E-state index < -0.39 is 11.7 Å². The first kappa shape index (κ1) is 5.39. The molecule has 0 saturated heterocycles. The first-order valence-electron chi connectivity index (χ1n) is 3.30. The van der Waals surface area contributed by atoms with Gasteiger partial charge in [0.15, 0.2) is 0 Å². The van der Waals surface area contributed by atoms with Crippen LogP contribution in [0.1, 0.15) is 19.3 Å². The van der Waals surface area contributed by atoms with Gasteiger partial charge in [0.1, 0.15) is 11.7 Å². The molecule has 0 bridgehead atoms. The predicted octanol–water partition coefficient (Wildman–Crippen LogP) is 2.57. The lowest BCUT2D eigenvalue weighted by molar-refractivity contribution is 0.425. The van der Waals surface area contributed by atoms with Crippen molar-refractivity contribution in [3.63, 3.8) is 0 Å². The first-order chi connectivity index (χ1) is 4.27. The zero-order chi connectivity index (χ0) is 6.43. The number of hydrogen-bond donors (Lipinski definition) is 0. The van der Waals surface area contributed by atoms with E-state index in [1.807, 2.05) is 0 Å². The van der Waals surface area contributed by atoms with E-state index >= 15 is 0 Å². The van der Waals surface area contributed by atoms with Gasteiger partial charge >= 0.3 is 0 Å². The van der Waals surface area contributed by atoms with E-state index in [1.165, 1.54) is 0 Å². The standard InChI is InChI=1S/C7H8F2/c8-6-2-4-1-5(4)3-7(6)9/h4-5H,1-3H2. The summed E-state index contributed by atoms with van der Waals surface area (Å²) < 4.78 is 24.7. The van der Waals surface area contributed by atoms with Crippen LogP contribution >= 0.6 is 0 Å². The van der Waals surface area contributed by atoms with Gasteiger partial charge in [0.25, 0.3) is 0 Å². The molecular formula is C7H8F2. The number of halogens is 2.